The summed E-state index contributed by atoms with van der Waals surface area (Å²) in [6.07, 6.45) is 2.08. The van der Waals surface area contributed by atoms with Crippen LogP contribution in [0.4, 0.5) is 19.1 Å². The van der Waals surface area contributed by atoms with Crippen molar-refractivity contribution in [3.8, 4) is 17.0 Å². The van der Waals surface area contributed by atoms with Crippen molar-refractivity contribution < 1.29 is 23.0 Å². The van der Waals surface area contributed by atoms with Crippen molar-refractivity contribution in [2.24, 2.45) is 0 Å². The van der Waals surface area contributed by atoms with Crippen LogP contribution in [0.15, 0.2) is 24.4 Å². The molecular weight excluding hydrogens is 461 g/mol. The molecule has 0 bridgehead atoms. The van der Waals surface area contributed by atoms with Crippen molar-refractivity contribution in [1.29, 1.82) is 0 Å². The number of alkyl halides is 2. The van der Waals surface area contributed by atoms with E-state index in [4.69, 9.17) is 4.74 Å². The average Bonchev–Trinajstić information content (AvgIpc) is 3.36. The zero-order valence-corrected chi connectivity index (χ0v) is 19.7. The fourth-order valence-corrected chi connectivity index (χ4v) is 4.82. The zero-order valence-electron chi connectivity index (χ0n) is 19.7. The molecule has 0 aliphatic heterocycles. The molecule has 0 amide bonds. The van der Waals surface area contributed by atoms with E-state index in [1.807, 2.05) is 6.92 Å². The highest BCUT2D eigenvalue weighted by atomic mass is 19.3. The van der Waals surface area contributed by atoms with E-state index in [1.54, 1.807) is 29.8 Å². The fraction of sp³-hybridized carbons (Fsp3) is 0.458. The number of halogens is 3. The number of hydrogen-bond acceptors (Lipinski definition) is 6. The molecule has 5 rings (SSSR count). The molecule has 3 heterocycles. The fourth-order valence-electron chi connectivity index (χ4n) is 4.82. The number of nitrogens with zero attached hydrogens (tertiary/aromatic N) is 5. The maximum Gasteiger partial charge on any atom is 0.256 e. The molecule has 35 heavy (non-hydrogen) atoms. The van der Waals surface area contributed by atoms with Gasteiger partial charge in [-0.3, -0.25) is 0 Å². The van der Waals surface area contributed by atoms with E-state index in [9.17, 15) is 18.3 Å². The highest BCUT2D eigenvalue weighted by Crippen LogP contribution is 2.35. The lowest BCUT2D eigenvalue weighted by Gasteiger charge is -2.33. The number of aliphatic hydroxyl groups is 1. The summed E-state index contributed by atoms with van der Waals surface area (Å²) in [6, 6.07) is 4.86. The third-order valence-electron chi connectivity index (χ3n) is 6.70. The molecule has 1 aromatic carbocycles. The van der Waals surface area contributed by atoms with Gasteiger partial charge in [0.25, 0.3) is 6.43 Å². The average molecular weight is 489 g/mol. The number of fused-ring (bicyclic) bond motifs is 2. The number of imidazole rings is 1. The maximum atomic E-state index is 15.0. The molecule has 0 radical (unpaired) electrons. The van der Waals surface area contributed by atoms with Gasteiger partial charge >= 0.3 is 0 Å². The van der Waals surface area contributed by atoms with Gasteiger partial charge in [0, 0.05) is 17.8 Å². The molecule has 2 N–H and O–H groups in total. The summed E-state index contributed by atoms with van der Waals surface area (Å²) in [4.78, 5) is 8.65. The van der Waals surface area contributed by atoms with E-state index in [-0.39, 0.29) is 11.6 Å². The lowest BCUT2D eigenvalue weighted by atomic mass is 9.84. The zero-order chi connectivity index (χ0) is 24.9. The molecule has 8 nitrogen and oxygen atoms in total. The van der Waals surface area contributed by atoms with Gasteiger partial charge in [0.05, 0.1) is 24.8 Å². The maximum absolute atomic E-state index is 15.0. The van der Waals surface area contributed by atoms with Gasteiger partial charge in [0.1, 0.15) is 16.9 Å². The van der Waals surface area contributed by atoms with Crippen LogP contribution in [0, 0.1) is 12.7 Å². The first-order valence-electron chi connectivity index (χ1n) is 11.5. The van der Waals surface area contributed by atoms with Gasteiger partial charge in [-0.15, -0.1) is 5.10 Å². The molecular formula is C24H27F3N6O2. The summed E-state index contributed by atoms with van der Waals surface area (Å²) in [5, 5.41) is 18.1. The van der Waals surface area contributed by atoms with Crippen LogP contribution in [0.2, 0.25) is 0 Å². The largest absolute Gasteiger partial charge is 0.479 e. The first-order valence-corrected chi connectivity index (χ1v) is 11.5. The highest BCUT2D eigenvalue weighted by Gasteiger charge is 2.29. The Balaban J connectivity index is 1.54. The minimum atomic E-state index is -2.59. The first kappa shape index (κ1) is 23.4. The van der Waals surface area contributed by atoms with Crippen LogP contribution in [0.1, 0.15) is 38.4 Å². The Morgan fingerprint density at radius 1 is 1.26 bits per heavy atom. The number of nitrogens with one attached hydrogen (secondary N) is 1. The Hall–Kier alpha value is -3.34. The minimum absolute atomic E-state index is 0.0524. The van der Waals surface area contributed by atoms with Crippen molar-refractivity contribution in [3.63, 3.8) is 0 Å². The van der Waals surface area contributed by atoms with Crippen molar-refractivity contribution in [2.75, 3.05) is 12.4 Å². The van der Waals surface area contributed by atoms with E-state index in [0.29, 0.717) is 52.7 Å². The van der Waals surface area contributed by atoms with E-state index in [1.165, 1.54) is 17.7 Å². The highest BCUT2D eigenvalue weighted by molar-refractivity contribution is 5.90. The standard InChI is InChI=1S/C24H27F3N6O2/c1-13-28-20-17(25)10-14(11-18(20)32(13)12-19(26)27)16-6-9-33-21(16)22(35-3)30-23(31-33)29-15-4-7-24(2,34)8-5-15/h6,9-11,15,19,34H,4-5,7-8,12H2,1-3H3,(H,29,31)/t15-,24-. The molecule has 0 spiro atoms. The summed E-state index contributed by atoms with van der Waals surface area (Å²) in [6.45, 7) is 2.85. The summed E-state index contributed by atoms with van der Waals surface area (Å²) in [5.74, 6) is 0.400. The second-order valence-corrected chi connectivity index (χ2v) is 9.37. The van der Waals surface area contributed by atoms with Crippen LogP contribution in [-0.4, -0.2) is 54.4 Å². The molecule has 1 aliphatic carbocycles. The van der Waals surface area contributed by atoms with Crippen LogP contribution in [0.3, 0.4) is 0 Å². The smallest absolute Gasteiger partial charge is 0.256 e. The monoisotopic (exact) mass is 488 g/mol. The van der Waals surface area contributed by atoms with Crippen LogP contribution < -0.4 is 10.1 Å². The van der Waals surface area contributed by atoms with Crippen LogP contribution >= 0.6 is 0 Å². The number of rotatable bonds is 6. The lowest BCUT2D eigenvalue weighted by Crippen LogP contribution is -2.36. The van der Waals surface area contributed by atoms with E-state index >= 15 is 0 Å². The van der Waals surface area contributed by atoms with E-state index in [2.05, 4.69) is 20.4 Å². The summed E-state index contributed by atoms with van der Waals surface area (Å²) in [5.41, 5.74) is 1.31. The molecule has 1 fully saturated rings. The Morgan fingerprint density at radius 3 is 2.69 bits per heavy atom. The number of methoxy groups -OCH3 is 1. The summed E-state index contributed by atoms with van der Waals surface area (Å²) >= 11 is 0. The Labute approximate surface area is 199 Å². The van der Waals surface area contributed by atoms with Crippen LogP contribution in [0.25, 0.3) is 27.7 Å². The van der Waals surface area contributed by atoms with Gasteiger partial charge < -0.3 is 19.7 Å². The van der Waals surface area contributed by atoms with Gasteiger partial charge in [-0.25, -0.2) is 22.7 Å². The van der Waals surface area contributed by atoms with Crippen LogP contribution in [0.5, 0.6) is 5.88 Å². The SMILES string of the molecule is COc1nc(N[C@H]2CC[C@](C)(O)CC2)nn2ccc(-c3cc(F)c4nc(C)n(CC(F)F)c4c3)c12. The van der Waals surface area contributed by atoms with Crippen LogP contribution in [-0.2, 0) is 6.54 Å². The van der Waals surface area contributed by atoms with Gasteiger partial charge in [0.2, 0.25) is 11.8 Å². The molecule has 11 heteroatoms. The Kier molecular flexibility index (Phi) is 5.82. The predicted octanol–water partition coefficient (Wildman–Crippen LogP) is 4.57. The van der Waals surface area contributed by atoms with Gasteiger partial charge in [0.15, 0.2) is 5.82 Å². The number of benzene rings is 1. The summed E-state index contributed by atoms with van der Waals surface area (Å²) < 4.78 is 49.7. The topological polar surface area (TPSA) is 89.5 Å². The molecule has 4 aromatic rings. The quantitative estimate of drug-likeness (QED) is 0.413. The van der Waals surface area contributed by atoms with Gasteiger partial charge in [-0.1, -0.05) is 0 Å². The Morgan fingerprint density at radius 2 is 2.00 bits per heavy atom. The van der Waals surface area contributed by atoms with Crippen molar-refractivity contribution in [3.05, 3.63) is 36.0 Å². The molecule has 1 aliphatic rings. The number of ether oxygens (including phenoxy) is 1. The summed E-state index contributed by atoms with van der Waals surface area (Å²) in [7, 11) is 1.49. The van der Waals surface area contributed by atoms with Crippen molar-refractivity contribution in [1.82, 2.24) is 24.1 Å². The number of hydrogen-bond donors (Lipinski definition) is 2. The molecule has 3 aromatic heterocycles. The lowest BCUT2D eigenvalue weighted by molar-refractivity contribution is 0.0195. The third kappa shape index (κ3) is 4.40. The van der Waals surface area contributed by atoms with Gasteiger partial charge in [-0.2, -0.15) is 4.98 Å². The van der Waals surface area contributed by atoms with Crippen molar-refractivity contribution in [2.45, 2.75) is 64.1 Å². The second kappa shape index (κ2) is 8.71. The molecule has 0 saturated heterocycles. The second-order valence-electron chi connectivity index (χ2n) is 9.37. The number of aromatic nitrogens is 5. The molecule has 0 atom stereocenters. The predicted molar refractivity (Wildman–Crippen MR) is 125 cm³/mol. The molecule has 1 saturated carbocycles. The molecule has 186 valence electrons. The molecule has 0 unspecified atom stereocenters. The minimum Gasteiger partial charge on any atom is -0.479 e. The van der Waals surface area contributed by atoms with Gasteiger partial charge in [-0.05, 0) is 63.3 Å². The van der Waals surface area contributed by atoms with E-state index in [0.717, 1.165) is 12.8 Å². The number of aryl methyl sites for hydroxylation is 1. The number of anilines is 1. The normalized spacial score (nSPS) is 20.7. The Bertz CT molecular complexity index is 1390. The van der Waals surface area contributed by atoms with E-state index < -0.39 is 24.4 Å². The first-order chi connectivity index (χ1) is 16.6. The third-order valence-corrected chi connectivity index (χ3v) is 6.70. The van der Waals surface area contributed by atoms with Crippen molar-refractivity contribution >= 4 is 22.5 Å².